The number of esters is 1. The maximum atomic E-state index is 13.4. The summed E-state index contributed by atoms with van der Waals surface area (Å²) >= 11 is 1.03. The van der Waals surface area contributed by atoms with E-state index in [2.05, 4.69) is 0 Å². The van der Waals surface area contributed by atoms with E-state index in [1.807, 2.05) is 6.92 Å². The molecule has 0 saturated carbocycles. The van der Waals surface area contributed by atoms with E-state index < -0.39 is 35.4 Å². The van der Waals surface area contributed by atoms with Crippen LogP contribution in [0.3, 0.4) is 0 Å². The number of rotatable bonds is 6. The molecule has 0 aromatic heterocycles. The fourth-order valence-corrected chi connectivity index (χ4v) is 4.37. The number of ether oxygens (including phenoxy) is 6. The fraction of sp³-hybridized carbons (Fsp3) is 0.600. The maximum Gasteiger partial charge on any atom is 0.339 e. The Morgan fingerprint density at radius 3 is 2.21 bits per heavy atom. The van der Waals surface area contributed by atoms with Crippen LogP contribution >= 0.6 is 11.8 Å². The number of hydrogen-bond donors (Lipinski definition) is 0. The number of carbonyl (C=O) groups excluding carboxylic acids is 2. The van der Waals surface area contributed by atoms with Crippen LogP contribution in [0.1, 0.15) is 32.4 Å². The molecule has 0 aliphatic carbocycles. The molecule has 29 heavy (non-hydrogen) atoms. The highest BCUT2D eigenvalue weighted by atomic mass is 32.2. The molecule has 8 nitrogen and oxygen atoms in total. The zero-order valence-electron chi connectivity index (χ0n) is 17.3. The quantitative estimate of drug-likeness (QED) is 0.636. The average Bonchev–Trinajstić information content (AvgIpc) is 3.00. The van der Waals surface area contributed by atoms with Crippen molar-refractivity contribution in [3.05, 3.63) is 29.8 Å². The second kappa shape index (κ2) is 7.88. The van der Waals surface area contributed by atoms with Gasteiger partial charge in [0.25, 0.3) is 0 Å². The van der Waals surface area contributed by atoms with Crippen LogP contribution in [-0.2, 0) is 33.3 Å². The molecular formula is C20H26O8S. The second-order valence-electron chi connectivity index (χ2n) is 7.00. The van der Waals surface area contributed by atoms with Gasteiger partial charge in [-0.25, -0.2) is 4.79 Å². The molecule has 0 N–H and O–H groups in total. The smallest absolute Gasteiger partial charge is 0.339 e. The third-order valence-corrected chi connectivity index (χ3v) is 6.42. The first-order valence-corrected chi connectivity index (χ1v) is 10.2. The minimum atomic E-state index is -1.74. The summed E-state index contributed by atoms with van der Waals surface area (Å²) in [5, 5.41) is -0.377. The van der Waals surface area contributed by atoms with E-state index in [1.165, 1.54) is 14.2 Å². The third-order valence-electron chi connectivity index (χ3n) is 5.55. The summed E-state index contributed by atoms with van der Waals surface area (Å²) in [6, 6.07) is 6.89. The van der Waals surface area contributed by atoms with Gasteiger partial charge in [-0.3, -0.25) is 4.79 Å². The van der Waals surface area contributed by atoms with E-state index in [1.54, 1.807) is 45.2 Å². The van der Waals surface area contributed by atoms with Crippen molar-refractivity contribution >= 4 is 22.8 Å². The lowest BCUT2D eigenvalue weighted by atomic mass is 9.86. The van der Waals surface area contributed by atoms with Crippen LogP contribution in [0, 0.1) is 0 Å². The lowest BCUT2D eigenvalue weighted by Crippen LogP contribution is -2.72. The van der Waals surface area contributed by atoms with Gasteiger partial charge >= 0.3 is 5.97 Å². The van der Waals surface area contributed by atoms with E-state index in [0.29, 0.717) is 17.1 Å². The highest BCUT2D eigenvalue weighted by Crippen LogP contribution is 2.54. The molecular weight excluding hydrogens is 400 g/mol. The Bertz CT molecular complexity index is 783. The number of thioether (sulfide) groups is 1. The maximum absolute atomic E-state index is 13.4. The molecule has 0 unspecified atom stereocenters. The van der Waals surface area contributed by atoms with Crippen LogP contribution in [-0.4, -0.2) is 61.4 Å². The largest absolute Gasteiger partial charge is 0.497 e. The van der Waals surface area contributed by atoms with Gasteiger partial charge in [0.1, 0.15) is 5.75 Å². The van der Waals surface area contributed by atoms with Crippen molar-refractivity contribution in [3.8, 4) is 5.75 Å². The van der Waals surface area contributed by atoms with E-state index in [-0.39, 0.29) is 5.12 Å². The zero-order chi connectivity index (χ0) is 21.4. The van der Waals surface area contributed by atoms with Crippen LogP contribution in [0.15, 0.2) is 24.3 Å². The lowest BCUT2D eigenvalue weighted by molar-refractivity contribution is -0.454. The SMILES string of the molecule is CCSC(=O)[C@]12O[C@@](C)(OC)[C@](C)(OC)O[C@H]1C(=O)O[C@@H]2c1ccc(OC)cc1. The number of hydrogen-bond acceptors (Lipinski definition) is 9. The molecule has 2 aliphatic heterocycles. The Morgan fingerprint density at radius 2 is 1.69 bits per heavy atom. The number of cyclic esters (lactones) is 1. The average molecular weight is 426 g/mol. The normalized spacial score (nSPS) is 36.4. The zero-order valence-corrected chi connectivity index (χ0v) is 18.2. The van der Waals surface area contributed by atoms with Crippen molar-refractivity contribution < 1.29 is 38.0 Å². The van der Waals surface area contributed by atoms with Crippen molar-refractivity contribution in [2.75, 3.05) is 27.1 Å². The Hall–Kier alpha value is -1.65. The molecule has 5 atom stereocenters. The van der Waals surface area contributed by atoms with Gasteiger partial charge in [0, 0.05) is 14.2 Å². The van der Waals surface area contributed by atoms with Gasteiger partial charge in [-0.1, -0.05) is 30.8 Å². The fourth-order valence-electron chi connectivity index (χ4n) is 3.62. The number of fused-ring (bicyclic) bond motifs is 1. The Labute approximate surface area is 174 Å². The molecule has 2 aliphatic rings. The summed E-state index contributed by atoms with van der Waals surface area (Å²) in [4.78, 5) is 26.2. The van der Waals surface area contributed by atoms with Crippen molar-refractivity contribution in [2.45, 2.75) is 50.2 Å². The summed E-state index contributed by atoms with van der Waals surface area (Å²) in [6.07, 6.45) is -2.33. The molecule has 0 radical (unpaired) electrons. The number of methoxy groups -OCH3 is 3. The molecule has 160 valence electrons. The van der Waals surface area contributed by atoms with Crippen molar-refractivity contribution in [1.82, 2.24) is 0 Å². The summed E-state index contributed by atoms with van der Waals surface area (Å²) in [7, 11) is 4.39. The van der Waals surface area contributed by atoms with Crippen molar-refractivity contribution in [2.24, 2.45) is 0 Å². The minimum absolute atomic E-state index is 0.377. The van der Waals surface area contributed by atoms with E-state index >= 15 is 0 Å². The van der Waals surface area contributed by atoms with Gasteiger partial charge in [0.2, 0.25) is 22.3 Å². The highest BCUT2D eigenvalue weighted by molar-refractivity contribution is 8.13. The molecule has 3 rings (SSSR count). The molecule has 1 aromatic carbocycles. The highest BCUT2D eigenvalue weighted by Gasteiger charge is 2.74. The van der Waals surface area contributed by atoms with Gasteiger partial charge < -0.3 is 28.4 Å². The Morgan fingerprint density at radius 1 is 1.07 bits per heavy atom. The second-order valence-corrected chi connectivity index (χ2v) is 8.24. The molecule has 0 bridgehead atoms. The van der Waals surface area contributed by atoms with Crippen LogP contribution in [0.4, 0.5) is 0 Å². The third kappa shape index (κ3) is 3.25. The summed E-state index contributed by atoms with van der Waals surface area (Å²) in [5.74, 6) is -2.50. The predicted molar refractivity (Wildman–Crippen MR) is 104 cm³/mol. The molecule has 1 aromatic rings. The van der Waals surface area contributed by atoms with Crippen LogP contribution in [0.5, 0.6) is 5.75 Å². The van der Waals surface area contributed by atoms with Gasteiger partial charge in [0.15, 0.2) is 12.2 Å². The van der Waals surface area contributed by atoms with Crippen molar-refractivity contribution in [3.63, 3.8) is 0 Å². The van der Waals surface area contributed by atoms with E-state index in [9.17, 15) is 9.59 Å². The number of carbonyl (C=O) groups is 2. The lowest BCUT2D eigenvalue weighted by Gasteiger charge is -2.53. The molecule has 2 heterocycles. The van der Waals surface area contributed by atoms with E-state index in [4.69, 9.17) is 28.4 Å². The van der Waals surface area contributed by atoms with Crippen LogP contribution in [0.2, 0.25) is 0 Å². The first kappa shape index (κ1) is 22.0. The first-order chi connectivity index (χ1) is 13.7. The summed E-state index contributed by atoms with van der Waals surface area (Å²) in [6.45, 7) is 5.03. The summed E-state index contributed by atoms with van der Waals surface area (Å²) < 4.78 is 34.3. The molecule has 2 saturated heterocycles. The van der Waals surface area contributed by atoms with E-state index in [0.717, 1.165) is 11.8 Å². The topological polar surface area (TPSA) is 89.5 Å². The van der Waals surface area contributed by atoms with Gasteiger partial charge in [-0.15, -0.1) is 0 Å². The first-order valence-electron chi connectivity index (χ1n) is 9.21. The molecule has 0 amide bonds. The van der Waals surface area contributed by atoms with Crippen LogP contribution in [0.25, 0.3) is 0 Å². The monoisotopic (exact) mass is 426 g/mol. The minimum Gasteiger partial charge on any atom is -0.497 e. The van der Waals surface area contributed by atoms with Crippen LogP contribution < -0.4 is 4.74 Å². The van der Waals surface area contributed by atoms with Gasteiger partial charge in [0.05, 0.1) is 7.11 Å². The van der Waals surface area contributed by atoms with Gasteiger partial charge in [-0.05, 0) is 37.3 Å². The standard InChI is InChI=1S/C20H26O8S/c1-7-29-17(22)20-14(12-8-10-13(23-4)11-9-12)26-16(21)15(20)27-18(2,24-5)19(3,25-6)28-20/h8-11,14-15H,7H2,1-6H3/t14-,15+,18-,19-,20-/m1/s1. The Kier molecular flexibility index (Phi) is 5.99. The van der Waals surface area contributed by atoms with Crippen molar-refractivity contribution in [1.29, 1.82) is 0 Å². The Balaban J connectivity index is 2.16. The molecule has 2 fully saturated rings. The number of benzene rings is 1. The summed E-state index contributed by atoms with van der Waals surface area (Å²) in [5.41, 5.74) is -1.16. The van der Waals surface area contributed by atoms with Gasteiger partial charge in [-0.2, -0.15) is 0 Å². The molecule has 0 spiro atoms. The predicted octanol–water partition coefficient (Wildman–Crippen LogP) is 2.45. The molecule has 9 heteroatoms.